The minimum Gasteiger partial charge on any atom is -0.368 e. The number of rotatable bonds is 1. The van der Waals surface area contributed by atoms with Crippen LogP contribution in [0, 0.1) is 13.8 Å². The van der Waals surface area contributed by atoms with Crippen LogP contribution >= 0.6 is 11.6 Å². The van der Waals surface area contributed by atoms with E-state index in [0.29, 0.717) is 6.04 Å². The Hall–Kier alpha value is -1.85. The standard InChI is InChI=1S/C17H20ClN5/c1-9-6-12(18)7-13-15(9)20-17-14(11(3)21-22-17)16(13)23-5-4-19-10(2)8-23/h6-7,10,19H,4-5,8H2,1-3H3,(H,20,21,22)/t10-/m0/s1. The molecule has 1 atom stereocenters. The number of pyridine rings is 1. The first-order valence-electron chi connectivity index (χ1n) is 7.97. The van der Waals surface area contributed by atoms with Gasteiger partial charge in [-0.05, 0) is 38.5 Å². The molecule has 0 bridgehead atoms. The van der Waals surface area contributed by atoms with Crippen molar-refractivity contribution in [3.8, 4) is 0 Å². The molecule has 0 aliphatic carbocycles. The number of anilines is 1. The third-order valence-corrected chi connectivity index (χ3v) is 4.81. The van der Waals surface area contributed by atoms with Crippen molar-refractivity contribution >= 4 is 39.2 Å². The summed E-state index contributed by atoms with van der Waals surface area (Å²) in [6, 6.07) is 4.45. The Morgan fingerprint density at radius 1 is 1.30 bits per heavy atom. The lowest BCUT2D eigenvalue weighted by Crippen LogP contribution is -2.49. The maximum Gasteiger partial charge on any atom is 0.183 e. The average molecular weight is 330 g/mol. The number of hydrogen-bond acceptors (Lipinski definition) is 4. The highest BCUT2D eigenvalue weighted by Gasteiger charge is 2.23. The van der Waals surface area contributed by atoms with Gasteiger partial charge in [0.05, 0.1) is 16.6 Å². The zero-order valence-corrected chi connectivity index (χ0v) is 14.3. The summed E-state index contributed by atoms with van der Waals surface area (Å²) in [6.07, 6.45) is 0. The van der Waals surface area contributed by atoms with Crippen molar-refractivity contribution in [2.75, 3.05) is 24.5 Å². The third-order valence-electron chi connectivity index (χ3n) is 4.59. The van der Waals surface area contributed by atoms with Crippen molar-refractivity contribution in [3.05, 3.63) is 28.4 Å². The molecule has 0 radical (unpaired) electrons. The summed E-state index contributed by atoms with van der Waals surface area (Å²) in [5.41, 5.74) is 5.10. The number of aromatic nitrogens is 3. The second-order valence-corrected chi connectivity index (χ2v) is 6.86. The Labute approximate surface area is 140 Å². The Kier molecular flexibility index (Phi) is 3.43. The van der Waals surface area contributed by atoms with Gasteiger partial charge in [0, 0.05) is 41.8 Å². The van der Waals surface area contributed by atoms with E-state index < -0.39 is 0 Å². The van der Waals surface area contributed by atoms with Crippen molar-refractivity contribution in [1.82, 2.24) is 20.5 Å². The molecule has 3 aromatic rings. The molecule has 0 amide bonds. The van der Waals surface area contributed by atoms with E-state index in [1.54, 1.807) is 0 Å². The van der Waals surface area contributed by atoms with E-state index in [4.69, 9.17) is 16.6 Å². The van der Waals surface area contributed by atoms with Gasteiger partial charge < -0.3 is 10.2 Å². The molecule has 2 N–H and O–H groups in total. The quantitative estimate of drug-likeness (QED) is 0.720. The van der Waals surface area contributed by atoms with Crippen molar-refractivity contribution in [3.63, 3.8) is 0 Å². The molecular formula is C17H20ClN5. The molecule has 0 saturated carbocycles. The minimum absolute atomic E-state index is 0.453. The van der Waals surface area contributed by atoms with Gasteiger partial charge in [-0.15, -0.1) is 0 Å². The van der Waals surface area contributed by atoms with Crippen molar-refractivity contribution in [2.45, 2.75) is 26.8 Å². The van der Waals surface area contributed by atoms with Crippen LogP contribution in [-0.2, 0) is 0 Å². The molecular weight excluding hydrogens is 310 g/mol. The lowest BCUT2D eigenvalue weighted by atomic mass is 10.0. The number of aromatic amines is 1. The van der Waals surface area contributed by atoms with Crippen molar-refractivity contribution < 1.29 is 0 Å². The largest absolute Gasteiger partial charge is 0.368 e. The summed E-state index contributed by atoms with van der Waals surface area (Å²) in [6.45, 7) is 9.22. The van der Waals surface area contributed by atoms with Crippen LogP contribution in [0.4, 0.5) is 5.69 Å². The number of hydrogen-bond donors (Lipinski definition) is 2. The first-order valence-corrected chi connectivity index (χ1v) is 8.35. The van der Waals surface area contributed by atoms with E-state index in [-0.39, 0.29) is 0 Å². The fraction of sp³-hybridized carbons (Fsp3) is 0.412. The molecule has 1 aliphatic heterocycles. The van der Waals surface area contributed by atoms with E-state index in [1.165, 1.54) is 5.69 Å². The lowest BCUT2D eigenvalue weighted by Gasteiger charge is -2.34. The van der Waals surface area contributed by atoms with Crippen LogP contribution in [0.3, 0.4) is 0 Å². The highest BCUT2D eigenvalue weighted by molar-refractivity contribution is 6.32. The molecule has 2 aromatic heterocycles. The summed E-state index contributed by atoms with van der Waals surface area (Å²) in [7, 11) is 0. The third kappa shape index (κ3) is 2.35. The van der Waals surface area contributed by atoms with Gasteiger partial charge in [0.2, 0.25) is 0 Å². The number of fused-ring (bicyclic) bond motifs is 2. The molecule has 1 aromatic carbocycles. The van der Waals surface area contributed by atoms with Gasteiger partial charge in [-0.3, -0.25) is 5.10 Å². The zero-order valence-electron chi connectivity index (χ0n) is 13.6. The summed E-state index contributed by atoms with van der Waals surface area (Å²) >= 11 is 6.35. The fourth-order valence-corrected chi connectivity index (χ4v) is 3.82. The first-order chi connectivity index (χ1) is 11.0. The van der Waals surface area contributed by atoms with E-state index in [1.807, 2.05) is 12.1 Å². The molecule has 0 spiro atoms. The average Bonchev–Trinajstić information content (AvgIpc) is 2.87. The van der Waals surface area contributed by atoms with Gasteiger partial charge in [-0.1, -0.05) is 11.6 Å². The monoisotopic (exact) mass is 329 g/mol. The predicted molar refractivity (Wildman–Crippen MR) is 95.6 cm³/mol. The van der Waals surface area contributed by atoms with Crippen LogP contribution < -0.4 is 10.2 Å². The number of nitrogens with one attached hydrogen (secondary N) is 2. The minimum atomic E-state index is 0.453. The van der Waals surface area contributed by atoms with Crippen molar-refractivity contribution in [2.24, 2.45) is 0 Å². The summed E-state index contributed by atoms with van der Waals surface area (Å²) in [5, 5.41) is 14.0. The number of halogens is 1. The molecule has 1 aliphatic rings. The molecule has 3 heterocycles. The summed E-state index contributed by atoms with van der Waals surface area (Å²) in [5.74, 6) is 0. The smallest absolute Gasteiger partial charge is 0.183 e. The molecule has 6 heteroatoms. The maximum atomic E-state index is 6.35. The predicted octanol–water partition coefficient (Wildman–Crippen LogP) is 3.18. The zero-order chi connectivity index (χ0) is 16.1. The highest BCUT2D eigenvalue weighted by Crippen LogP contribution is 2.37. The molecule has 120 valence electrons. The molecule has 0 unspecified atom stereocenters. The van der Waals surface area contributed by atoms with Crippen LogP contribution in [0.5, 0.6) is 0 Å². The number of benzene rings is 1. The van der Waals surface area contributed by atoms with E-state index in [0.717, 1.165) is 57.9 Å². The number of H-pyrrole nitrogens is 1. The van der Waals surface area contributed by atoms with E-state index in [2.05, 4.69) is 41.2 Å². The Balaban J connectivity index is 2.09. The van der Waals surface area contributed by atoms with Crippen LogP contribution in [-0.4, -0.2) is 40.9 Å². The number of aryl methyl sites for hydroxylation is 2. The van der Waals surface area contributed by atoms with Gasteiger partial charge in [0.25, 0.3) is 0 Å². The molecule has 1 saturated heterocycles. The van der Waals surface area contributed by atoms with E-state index >= 15 is 0 Å². The number of nitrogens with zero attached hydrogens (tertiary/aromatic N) is 3. The van der Waals surface area contributed by atoms with Gasteiger partial charge in [0.1, 0.15) is 0 Å². The van der Waals surface area contributed by atoms with Crippen LogP contribution in [0.15, 0.2) is 12.1 Å². The summed E-state index contributed by atoms with van der Waals surface area (Å²) < 4.78 is 0. The molecule has 5 nitrogen and oxygen atoms in total. The molecule has 23 heavy (non-hydrogen) atoms. The number of piperazine rings is 1. The second-order valence-electron chi connectivity index (χ2n) is 6.43. The molecule has 4 rings (SSSR count). The summed E-state index contributed by atoms with van der Waals surface area (Å²) in [4.78, 5) is 7.21. The topological polar surface area (TPSA) is 56.8 Å². The van der Waals surface area contributed by atoms with Gasteiger partial charge in [0.15, 0.2) is 5.65 Å². The maximum absolute atomic E-state index is 6.35. The molecule has 1 fully saturated rings. The highest BCUT2D eigenvalue weighted by atomic mass is 35.5. The second kappa shape index (κ2) is 5.35. The Morgan fingerprint density at radius 3 is 2.91 bits per heavy atom. The van der Waals surface area contributed by atoms with Crippen LogP contribution in [0.25, 0.3) is 21.9 Å². The first kappa shape index (κ1) is 14.7. The van der Waals surface area contributed by atoms with Gasteiger partial charge >= 0.3 is 0 Å². The lowest BCUT2D eigenvalue weighted by molar-refractivity contribution is 0.486. The van der Waals surface area contributed by atoms with Crippen LogP contribution in [0.2, 0.25) is 5.02 Å². The fourth-order valence-electron chi connectivity index (χ4n) is 3.55. The van der Waals surface area contributed by atoms with Crippen molar-refractivity contribution in [1.29, 1.82) is 0 Å². The normalized spacial score (nSPS) is 19.0. The van der Waals surface area contributed by atoms with Crippen LogP contribution in [0.1, 0.15) is 18.2 Å². The van der Waals surface area contributed by atoms with E-state index in [9.17, 15) is 0 Å². The SMILES string of the molecule is Cc1cc(Cl)cc2c(N3CCN[C@@H](C)C3)c3c(C)[nH]nc3nc12. The van der Waals surface area contributed by atoms with Gasteiger partial charge in [-0.25, -0.2) is 4.98 Å². The van der Waals surface area contributed by atoms with Gasteiger partial charge in [-0.2, -0.15) is 5.10 Å². The Morgan fingerprint density at radius 2 is 2.13 bits per heavy atom. The Bertz CT molecular complexity index is 901.